The fourth-order valence-corrected chi connectivity index (χ4v) is 1.48. The van der Waals surface area contributed by atoms with Gasteiger partial charge in [-0.2, -0.15) is 9.97 Å². The minimum atomic E-state index is 0.0694. The van der Waals surface area contributed by atoms with Crippen LogP contribution in [-0.2, 0) is 0 Å². The molecule has 0 bridgehead atoms. The number of oxime groups is 1. The van der Waals surface area contributed by atoms with Crippen LogP contribution in [0.15, 0.2) is 35.5 Å². The molecule has 1 aromatic heterocycles. The molecule has 7 nitrogen and oxygen atoms in total. The lowest BCUT2D eigenvalue weighted by atomic mass is 10.2. The molecule has 0 aliphatic rings. The predicted octanol–water partition coefficient (Wildman–Crippen LogP) is 2.09. The summed E-state index contributed by atoms with van der Waals surface area (Å²) in [4.78, 5) is 8.11. The van der Waals surface area contributed by atoms with Gasteiger partial charge in [0.2, 0.25) is 11.8 Å². The monoisotopic (exact) mass is 275 g/mol. The Balaban J connectivity index is 2.34. The van der Waals surface area contributed by atoms with Crippen LogP contribution < -0.4 is 14.2 Å². The molecule has 0 fully saturated rings. The lowest BCUT2D eigenvalue weighted by Gasteiger charge is -2.08. The normalized spacial score (nSPS) is 10.5. The fourth-order valence-electron chi connectivity index (χ4n) is 1.48. The molecule has 0 spiro atoms. The van der Waals surface area contributed by atoms with E-state index in [2.05, 4.69) is 15.1 Å². The standard InChI is InChI=1S/C13H13N3O4/c1-18-11-7-12(19-2)16-13(15-11)20-10-6-4-3-5-9(10)8-14-17/h3-8,17H,1-2H3/b14-8-. The number of hydrogen-bond donors (Lipinski definition) is 1. The molecule has 0 atom stereocenters. The molecule has 1 heterocycles. The molecule has 0 saturated carbocycles. The lowest BCUT2D eigenvalue weighted by molar-refractivity contribution is 0.321. The maximum atomic E-state index is 8.62. The number of ether oxygens (including phenoxy) is 3. The van der Waals surface area contributed by atoms with Gasteiger partial charge in [0.25, 0.3) is 0 Å². The maximum Gasteiger partial charge on any atom is 0.328 e. The summed E-state index contributed by atoms with van der Waals surface area (Å²) in [5, 5.41) is 11.6. The van der Waals surface area contributed by atoms with E-state index < -0.39 is 0 Å². The van der Waals surface area contributed by atoms with E-state index in [1.807, 2.05) is 0 Å². The van der Waals surface area contributed by atoms with E-state index in [0.29, 0.717) is 23.1 Å². The van der Waals surface area contributed by atoms with E-state index in [9.17, 15) is 0 Å². The molecule has 0 saturated heterocycles. The predicted molar refractivity (Wildman–Crippen MR) is 71.0 cm³/mol. The van der Waals surface area contributed by atoms with Crippen molar-refractivity contribution in [2.24, 2.45) is 5.16 Å². The van der Waals surface area contributed by atoms with Crippen molar-refractivity contribution in [3.8, 4) is 23.5 Å². The van der Waals surface area contributed by atoms with Gasteiger partial charge in [0.15, 0.2) is 0 Å². The number of hydrogen-bond acceptors (Lipinski definition) is 7. The smallest absolute Gasteiger partial charge is 0.328 e. The number of benzene rings is 1. The van der Waals surface area contributed by atoms with Crippen LogP contribution in [0.5, 0.6) is 23.5 Å². The summed E-state index contributed by atoms with van der Waals surface area (Å²) in [5.74, 6) is 1.08. The first kappa shape index (κ1) is 13.6. The first-order chi connectivity index (χ1) is 9.76. The minimum Gasteiger partial charge on any atom is -0.481 e. The zero-order valence-corrected chi connectivity index (χ0v) is 11.0. The summed E-state index contributed by atoms with van der Waals surface area (Å²) in [6, 6.07) is 8.60. The zero-order valence-electron chi connectivity index (χ0n) is 11.0. The van der Waals surface area contributed by atoms with Crippen LogP contribution in [0.3, 0.4) is 0 Å². The van der Waals surface area contributed by atoms with E-state index in [0.717, 1.165) is 0 Å². The molecular formula is C13H13N3O4. The Bertz CT molecular complexity index is 594. The van der Waals surface area contributed by atoms with Crippen LogP contribution >= 0.6 is 0 Å². The third kappa shape index (κ3) is 3.14. The average molecular weight is 275 g/mol. The molecule has 2 rings (SSSR count). The van der Waals surface area contributed by atoms with Gasteiger partial charge >= 0.3 is 6.01 Å². The van der Waals surface area contributed by atoms with Crippen molar-refractivity contribution >= 4 is 6.21 Å². The Labute approximate surface area is 115 Å². The van der Waals surface area contributed by atoms with Crippen molar-refractivity contribution in [3.63, 3.8) is 0 Å². The molecule has 104 valence electrons. The van der Waals surface area contributed by atoms with Gasteiger partial charge in [-0.1, -0.05) is 17.3 Å². The Hall–Kier alpha value is -2.83. The number of para-hydroxylation sites is 1. The van der Waals surface area contributed by atoms with E-state index in [4.69, 9.17) is 19.4 Å². The SMILES string of the molecule is COc1cc(OC)nc(Oc2ccccc2/C=N\O)n1. The van der Waals surface area contributed by atoms with Gasteiger partial charge in [0, 0.05) is 5.56 Å². The number of aromatic nitrogens is 2. The molecule has 0 aliphatic carbocycles. The molecule has 1 aromatic carbocycles. The molecule has 1 N–H and O–H groups in total. The summed E-state index contributed by atoms with van der Waals surface area (Å²) in [6.45, 7) is 0. The Morgan fingerprint density at radius 1 is 1.10 bits per heavy atom. The minimum absolute atomic E-state index is 0.0694. The second-order valence-corrected chi connectivity index (χ2v) is 3.62. The van der Waals surface area contributed by atoms with Crippen LogP contribution in [0.25, 0.3) is 0 Å². The molecule has 20 heavy (non-hydrogen) atoms. The second kappa shape index (κ2) is 6.37. The van der Waals surface area contributed by atoms with E-state index in [1.165, 1.54) is 26.5 Å². The lowest BCUT2D eigenvalue weighted by Crippen LogP contribution is -1.99. The molecule has 0 amide bonds. The highest BCUT2D eigenvalue weighted by Gasteiger charge is 2.09. The third-order valence-corrected chi connectivity index (χ3v) is 2.39. The molecular weight excluding hydrogens is 262 g/mol. The summed E-state index contributed by atoms with van der Waals surface area (Å²) in [5.41, 5.74) is 0.584. The second-order valence-electron chi connectivity index (χ2n) is 3.62. The summed E-state index contributed by atoms with van der Waals surface area (Å²) < 4.78 is 15.6. The summed E-state index contributed by atoms with van der Waals surface area (Å²) in [7, 11) is 2.97. The Morgan fingerprint density at radius 3 is 2.35 bits per heavy atom. The van der Waals surface area contributed by atoms with Crippen molar-refractivity contribution in [2.75, 3.05) is 14.2 Å². The molecule has 7 heteroatoms. The summed E-state index contributed by atoms with van der Waals surface area (Å²) >= 11 is 0. The van der Waals surface area contributed by atoms with E-state index in [-0.39, 0.29) is 6.01 Å². The third-order valence-electron chi connectivity index (χ3n) is 2.39. The van der Waals surface area contributed by atoms with E-state index >= 15 is 0 Å². The zero-order chi connectivity index (χ0) is 14.4. The largest absolute Gasteiger partial charge is 0.481 e. The number of rotatable bonds is 5. The van der Waals surface area contributed by atoms with Crippen molar-refractivity contribution in [1.82, 2.24) is 9.97 Å². The van der Waals surface area contributed by atoms with Crippen LogP contribution in [0.1, 0.15) is 5.56 Å². The quantitative estimate of drug-likeness (QED) is 0.511. The molecule has 0 unspecified atom stereocenters. The van der Waals surface area contributed by atoms with Crippen molar-refractivity contribution in [2.45, 2.75) is 0 Å². The van der Waals surface area contributed by atoms with Gasteiger partial charge in [-0.3, -0.25) is 0 Å². The Morgan fingerprint density at radius 2 is 1.75 bits per heavy atom. The van der Waals surface area contributed by atoms with Crippen molar-refractivity contribution in [3.05, 3.63) is 35.9 Å². The van der Waals surface area contributed by atoms with Crippen LogP contribution in [0, 0.1) is 0 Å². The first-order valence-electron chi connectivity index (χ1n) is 5.68. The molecule has 2 aromatic rings. The van der Waals surface area contributed by atoms with Gasteiger partial charge in [-0.05, 0) is 12.1 Å². The molecule has 0 radical (unpaired) electrons. The van der Waals surface area contributed by atoms with Crippen molar-refractivity contribution in [1.29, 1.82) is 0 Å². The fraction of sp³-hybridized carbons (Fsp3) is 0.154. The van der Waals surface area contributed by atoms with Crippen LogP contribution in [0.4, 0.5) is 0 Å². The highest BCUT2D eigenvalue weighted by Crippen LogP contribution is 2.25. The van der Waals surface area contributed by atoms with Crippen molar-refractivity contribution < 1.29 is 19.4 Å². The summed E-state index contributed by atoms with van der Waals surface area (Å²) in [6.07, 6.45) is 1.26. The topological polar surface area (TPSA) is 86.1 Å². The first-order valence-corrected chi connectivity index (χ1v) is 5.68. The molecule has 0 aliphatic heterocycles. The maximum absolute atomic E-state index is 8.62. The highest BCUT2D eigenvalue weighted by molar-refractivity contribution is 5.83. The van der Waals surface area contributed by atoms with Crippen LogP contribution in [0.2, 0.25) is 0 Å². The Kier molecular flexibility index (Phi) is 4.33. The van der Waals surface area contributed by atoms with Gasteiger partial charge in [0.05, 0.1) is 26.5 Å². The number of methoxy groups -OCH3 is 2. The van der Waals surface area contributed by atoms with E-state index in [1.54, 1.807) is 24.3 Å². The van der Waals surface area contributed by atoms with Gasteiger partial charge < -0.3 is 19.4 Å². The van der Waals surface area contributed by atoms with Crippen LogP contribution in [-0.4, -0.2) is 35.6 Å². The number of nitrogens with zero attached hydrogens (tertiary/aromatic N) is 3. The highest BCUT2D eigenvalue weighted by atomic mass is 16.5. The van der Waals surface area contributed by atoms with Gasteiger partial charge in [0.1, 0.15) is 5.75 Å². The average Bonchev–Trinajstić information content (AvgIpc) is 2.49. The van der Waals surface area contributed by atoms with Gasteiger partial charge in [-0.15, -0.1) is 0 Å². The van der Waals surface area contributed by atoms with Gasteiger partial charge in [-0.25, -0.2) is 0 Å².